The van der Waals surface area contributed by atoms with Gasteiger partial charge < -0.3 is 5.32 Å². The van der Waals surface area contributed by atoms with E-state index in [0.29, 0.717) is 5.82 Å². The van der Waals surface area contributed by atoms with Crippen LogP contribution in [0.4, 0.5) is 10.1 Å². The van der Waals surface area contributed by atoms with Crippen LogP contribution in [0.25, 0.3) is 17.1 Å². The number of benzene rings is 3. The number of aryl methyl sites for hydroxylation is 1. The van der Waals surface area contributed by atoms with Crippen molar-refractivity contribution in [1.82, 2.24) is 14.8 Å². The van der Waals surface area contributed by atoms with Crippen LogP contribution in [0.2, 0.25) is 0 Å². The van der Waals surface area contributed by atoms with E-state index in [4.69, 9.17) is 0 Å². The Balaban J connectivity index is 1.78. The molecule has 1 N–H and O–H groups in total. The molecule has 0 saturated carbocycles. The molecular weight excluding hydrogens is 435 g/mol. The highest BCUT2D eigenvalue weighted by Gasteiger charge is 2.20. The largest absolute Gasteiger partial charge is 0.317 e. The highest BCUT2D eigenvalue weighted by Crippen LogP contribution is 2.24. The van der Waals surface area contributed by atoms with Crippen molar-refractivity contribution in [3.63, 3.8) is 0 Å². The monoisotopic (exact) mass is 450 g/mol. The summed E-state index contributed by atoms with van der Waals surface area (Å²) in [5, 5.41) is 6.94. The molecule has 29 heavy (non-hydrogen) atoms. The summed E-state index contributed by atoms with van der Waals surface area (Å²) in [6, 6.07) is 21.3. The number of carbonyl (C=O) groups excluding carboxylic acids is 1. The second-order valence-corrected chi connectivity index (χ2v) is 7.37. The number of amides is 1. The van der Waals surface area contributed by atoms with Crippen molar-refractivity contribution in [2.75, 3.05) is 5.32 Å². The van der Waals surface area contributed by atoms with E-state index in [-0.39, 0.29) is 11.5 Å². The zero-order chi connectivity index (χ0) is 20.4. The van der Waals surface area contributed by atoms with Crippen LogP contribution in [0.5, 0.6) is 0 Å². The van der Waals surface area contributed by atoms with Gasteiger partial charge in [-0.15, -0.1) is 5.10 Å². The van der Waals surface area contributed by atoms with Crippen molar-refractivity contribution in [1.29, 1.82) is 0 Å². The van der Waals surface area contributed by atoms with Crippen molar-refractivity contribution < 1.29 is 9.18 Å². The van der Waals surface area contributed by atoms with Crippen LogP contribution in [-0.2, 0) is 0 Å². The summed E-state index contributed by atoms with van der Waals surface area (Å²) < 4.78 is 16.4. The molecule has 4 rings (SSSR count). The van der Waals surface area contributed by atoms with Crippen LogP contribution >= 0.6 is 15.9 Å². The fourth-order valence-electron chi connectivity index (χ4n) is 2.87. The average Bonchev–Trinajstić information content (AvgIpc) is 3.16. The molecule has 1 heterocycles. The predicted octanol–water partition coefficient (Wildman–Crippen LogP) is 5.40. The van der Waals surface area contributed by atoms with Crippen molar-refractivity contribution in [3.8, 4) is 17.1 Å². The van der Waals surface area contributed by atoms with Gasteiger partial charge in [-0.3, -0.25) is 4.79 Å². The number of carbonyl (C=O) groups is 1. The molecule has 1 amide bonds. The lowest BCUT2D eigenvalue weighted by Gasteiger charge is -2.07. The zero-order valence-corrected chi connectivity index (χ0v) is 17.0. The quantitative estimate of drug-likeness (QED) is 0.452. The maximum atomic E-state index is 13.9. The van der Waals surface area contributed by atoms with Gasteiger partial charge in [0.15, 0.2) is 5.82 Å². The van der Waals surface area contributed by atoms with Crippen molar-refractivity contribution in [2.45, 2.75) is 6.92 Å². The van der Waals surface area contributed by atoms with Crippen LogP contribution in [0, 0.1) is 12.7 Å². The molecule has 0 bridgehead atoms. The summed E-state index contributed by atoms with van der Waals surface area (Å²) in [5.41, 5.74) is 2.71. The summed E-state index contributed by atoms with van der Waals surface area (Å²) in [6.07, 6.45) is 0. The first-order chi connectivity index (χ1) is 14.0. The fourth-order valence-corrected chi connectivity index (χ4v) is 3.14. The molecular formula is C22H16BrFN4O. The second kappa shape index (κ2) is 7.97. The third-order valence-corrected chi connectivity index (χ3v) is 4.81. The topological polar surface area (TPSA) is 59.8 Å². The maximum Gasteiger partial charge on any atom is 0.295 e. The van der Waals surface area contributed by atoms with Crippen LogP contribution in [0.15, 0.2) is 77.3 Å². The molecule has 0 aliphatic carbocycles. The molecule has 0 saturated heterocycles. The zero-order valence-electron chi connectivity index (χ0n) is 15.4. The lowest BCUT2D eigenvalue weighted by Crippen LogP contribution is -2.15. The van der Waals surface area contributed by atoms with Gasteiger partial charge in [-0.05, 0) is 48.9 Å². The summed E-state index contributed by atoms with van der Waals surface area (Å²) >= 11 is 3.42. The van der Waals surface area contributed by atoms with E-state index in [2.05, 4.69) is 31.3 Å². The minimum absolute atomic E-state index is 0.0484. The summed E-state index contributed by atoms with van der Waals surface area (Å²) in [7, 11) is 0. The Morgan fingerprint density at radius 1 is 1.03 bits per heavy atom. The summed E-state index contributed by atoms with van der Waals surface area (Å²) in [5.74, 6) is -0.638. The Kier molecular flexibility index (Phi) is 5.22. The third-order valence-electron chi connectivity index (χ3n) is 4.28. The lowest BCUT2D eigenvalue weighted by molar-refractivity contribution is 0.101. The normalized spacial score (nSPS) is 10.7. The minimum Gasteiger partial charge on any atom is -0.317 e. The van der Waals surface area contributed by atoms with Crippen molar-refractivity contribution in [2.24, 2.45) is 0 Å². The van der Waals surface area contributed by atoms with Gasteiger partial charge in [0, 0.05) is 10.0 Å². The van der Waals surface area contributed by atoms with Gasteiger partial charge in [0.25, 0.3) is 5.91 Å². The molecule has 144 valence electrons. The SMILES string of the molecule is Cc1cccc(-n2nc(C(=O)Nc3ccccc3F)nc2-c2ccc(Br)cc2)c1. The Morgan fingerprint density at radius 3 is 2.52 bits per heavy atom. The maximum absolute atomic E-state index is 13.9. The van der Waals surface area contributed by atoms with E-state index in [1.54, 1.807) is 16.8 Å². The number of rotatable bonds is 4. The number of hydrogen-bond acceptors (Lipinski definition) is 3. The smallest absolute Gasteiger partial charge is 0.295 e. The molecule has 0 unspecified atom stereocenters. The number of aromatic nitrogens is 3. The molecule has 0 atom stereocenters. The van der Waals surface area contributed by atoms with Gasteiger partial charge in [0.1, 0.15) is 5.82 Å². The van der Waals surface area contributed by atoms with E-state index in [1.807, 2.05) is 55.5 Å². The van der Waals surface area contributed by atoms with Crippen molar-refractivity contribution in [3.05, 3.63) is 94.5 Å². The number of nitrogens with one attached hydrogen (secondary N) is 1. The Morgan fingerprint density at radius 2 is 1.79 bits per heavy atom. The van der Waals surface area contributed by atoms with Gasteiger partial charge in [-0.2, -0.15) is 0 Å². The molecule has 0 radical (unpaired) electrons. The van der Waals surface area contributed by atoms with E-state index in [9.17, 15) is 9.18 Å². The van der Waals surface area contributed by atoms with E-state index in [1.165, 1.54) is 12.1 Å². The molecule has 0 aliphatic rings. The highest BCUT2D eigenvalue weighted by molar-refractivity contribution is 9.10. The first-order valence-corrected chi connectivity index (χ1v) is 9.66. The van der Waals surface area contributed by atoms with E-state index >= 15 is 0 Å². The molecule has 5 nitrogen and oxygen atoms in total. The van der Waals surface area contributed by atoms with Crippen LogP contribution in [0.3, 0.4) is 0 Å². The Labute approximate surface area is 175 Å². The van der Waals surface area contributed by atoms with E-state index < -0.39 is 11.7 Å². The second-order valence-electron chi connectivity index (χ2n) is 6.45. The van der Waals surface area contributed by atoms with Gasteiger partial charge in [-0.1, -0.05) is 52.3 Å². The van der Waals surface area contributed by atoms with Gasteiger partial charge >= 0.3 is 0 Å². The Hall–Kier alpha value is -3.32. The molecule has 3 aromatic carbocycles. The minimum atomic E-state index is -0.583. The molecule has 0 aliphatic heterocycles. The summed E-state index contributed by atoms with van der Waals surface area (Å²) in [6.45, 7) is 1.98. The number of para-hydroxylation sites is 1. The standard InChI is InChI=1S/C22H16BrFN4O/c1-14-5-4-6-17(13-14)28-21(15-9-11-16(23)12-10-15)26-20(27-28)22(29)25-19-8-3-2-7-18(19)24/h2-13H,1H3,(H,25,29). The lowest BCUT2D eigenvalue weighted by atomic mass is 10.2. The van der Waals surface area contributed by atoms with E-state index in [0.717, 1.165) is 21.3 Å². The van der Waals surface area contributed by atoms with Gasteiger partial charge in [-0.25, -0.2) is 14.1 Å². The predicted molar refractivity (Wildman–Crippen MR) is 114 cm³/mol. The number of nitrogens with zero attached hydrogens (tertiary/aromatic N) is 3. The highest BCUT2D eigenvalue weighted by atomic mass is 79.9. The van der Waals surface area contributed by atoms with Gasteiger partial charge in [0.05, 0.1) is 11.4 Å². The first-order valence-electron chi connectivity index (χ1n) is 8.87. The van der Waals surface area contributed by atoms with Crippen molar-refractivity contribution >= 4 is 27.5 Å². The van der Waals surface area contributed by atoms with Crippen LogP contribution < -0.4 is 5.32 Å². The molecule has 4 aromatic rings. The summed E-state index contributed by atoms with van der Waals surface area (Å²) in [4.78, 5) is 17.1. The molecule has 1 aromatic heterocycles. The molecule has 7 heteroatoms. The average molecular weight is 451 g/mol. The third kappa shape index (κ3) is 4.09. The van der Waals surface area contributed by atoms with Crippen LogP contribution in [0.1, 0.15) is 16.2 Å². The molecule has 0 spiro atoms. The number of anilines is 1. The molecule has 0 fully saturated rings. The first kappa shape index (κ1) is 19.0. The van der Waals surface area contributed by atoms with Gasteiger partial charge in [0.2, 0.25) is 5.82 Å². The number of halogens is 2. The number of hydrogen-bond donors (Lipinski definition) is 1. The fraction of sp³-hybridized carbons (Fsp3) is 0.0455. The van der Waals surface area contributed by atoms with Crippen LogP contribution in [-0.4, -0.2) is 20.7 Å². The Bertz CT molecular complexity index is 1190.